The zero-order chi connectivity index (χ0) is 12.3. The molecule has 17 heavy (non-hydrogen) atoms. The van der Waals surface area contributed by atoms with Crippen molar-refractivity contribution in [2.75, 3.05) is 12.8 Å². The Kier molecular flexibility index (Phi) is 3.96. The van der Waals surface area contributed by atoms with Gasteiger partial charge >= 0.3 is 0 Å². The Morgan fingerprint density at radius 2 is 2.24 bits per heavy atom. The Balaban J connectivity index is 2.14. The molecule has 1 heterocycles. The SMILES string of the molecule is CSc1nccnc1CN(C(=O)CN)C1CC1. The van der Waals surface area contributed by atoms with Crippen LogP contribution in [0.2, 0.25) is 0 Å². The second-order valence-electron chi connectivity index (χ2n) is 3.97. The first kappa shape index (κ1) is 12.3. The molecular weight excluding hydrogens is 236 g/mol. The van der Waals surface area contributed by atoms with Crippen LogP contribution < -0.4 is 5.73 Å². The van der Waals surface area contributed by atoms with Crippen LogP contribution in [0.3, 0.4) is 0 Å². The van der Waals surface area contributed by atoms with Gasteiger partial charge in [-0.15, -0.1) is 11.8 Å². The van der Waals surface area contributed by atoms with Crippen LogP contribution in [0.4, 0.5) is 0 Å². The summed E-state index contributed by atoms with van der Waals surface area (Å²) in [4.78, 5) is 22.1. The highest BCUT2D eigenvalue weighted by Gasteiger charge is 2.32. The standard InChI is InChI=1S/C11H16N4OS/c1-17-11-9(13-4-5-14-11)7-15(8-2-3-8)10(16)6-12/h4-5,8H,2-3,6-7,12H2,1H3. The Hall–Kier alpha value is -1.14. The van der Waals surface area contributed by atoms with Crippen molar-refractivity contribution >= 4 is 17.7 Å². The molecule has 0 atom stereocenters. The van der Waals surface area contributed by atoms with Crippen LogP contribution >= 0.6 is 11.8 Å². The fourth-order valence-electron chi connectivity index (χ4n) is 1.72. The van der Waals surface area contributed by atoms with Crippen LogP contribution in [-0.4, -0.2) is 39.6 Å². The number of hydrogen-bond acceptors (Lipinski definition) is 5. The van der Waals surface area contributed by atoms with E-state index in [1.54, 1.807) is 24.2 Å². The summed E-state index contributed by atoms with van der Waals surface area (Å²) in [6, 6.07) is 0.350. The van der Waals surface area contributed by atoms with Gasteiger partial charge in [0, 0.05) is 18.4 Å². The zero-order valence-corrected chi connectivity index (χ0v) is 10.6. The van der Waals surface area contributed by atoms with Crippen LogP contribution in [0.5, 0.6) is 0 Å². The summed E-state index contributed by atoms with van der Waals surface area (Å²) in [5.74, 6) is -0.00907. The highest BCUT2D eigenvalue weighted by atomic mass is 32.2. The topological polar surface area (TPSA) is 72.1 Å². The molecule has 0 radical (unpaired) electrons. The molecule has 0 unspecified atom stereocenters. The summed E-state index contributed by atoms with van der Waals surface area (Å²) in [7, 11) is 0. The lowest BCUT2D eigenvalue weighted by Crippen LogP contribution is -2.37. The lowest BCUT2D eigenvalue weighted by atomic mass is 10.3. The second kappa shape index (κ2) is 5.46. The van der Waals surface area contributed by atoms with Gasteiger partial charge in [0.25, 0.3) is 0 Å². The fourth-order valence-corrected chi connectivity index (χ4v) is 2.24. The quantitative estimate of drug-likeness (QED) is 0.779. The largest absolute Gasteiger partial charge is 0.333 e. The molecule has 1 saturated carbocycles. The maximum absolute atomic E-state index is 11.7. The third kappa shape index (κ3) is 2.95. The maximum Gasteiger partial charge on any atom is 0.236 e. The van der Waals surface area contributed by atoms with E-state index in [1.807, 2.05) is 11.2 Å². The van der Waals surface area contributed by atoms with E-state index in [2.05, 4.69) is 9.97 Å². The molecular formula is C11H16N4OS. The Bertz CT molecular complexity index is 408. The van der Waals surface area contributed by atoms with Crippen LogP contribution in [0.1, 0.15) is 18.5 Å². The average Bonchev–Trinajstić information content (AvgIpc) is 3.19. The molecule has 0 aromatic carbocycles. The third-order valence-corrected chi connectivity index (χ3v) is 3.46. The molecule has 0 spiro atoms. The summed E-state index contributed by atoms with van der Waals surface area (Å²) in [5, 5.41) is 0.878. The normalized spacial score (nSPS) is 14.7. The lowest BCUT2D eigenvalue weighted by molar-refractivity contribution is -0.130. The summed E-state index contributed by atoms with van der Waals surface area (Å²) in [6.07, 6.45) is 7.43. The highest BCUT2D eigenvalue weighted by molar-refractivity contribution is 7.98. The van der Waals surface area contributed by atoms with Gasteiger partial charge in [-0.05, 0) is 19.1 Å². The van der Waals surface area contributed by atoms with Crippen molar-refractivity contribution in [3.8, 4) is 0 Å². The number of nitrogens with zero attached hydrogens (tertiary/aromatic N) is 3. The van der Waals surface area contributed by atoms with Crippen LogP contribution in [0.25, 0.3) is 0 Å². The number of amides is 1. The number of carbonyl (C=O) groups excluding carboxylic acids is 1. The molecule has 1 aliphatic rings. The highest BCUT2D eigenvalue weighted by Crippen LogP contribution is 2.29. The van der Waals surface area contributed by atoms with E-state index < -0.39 is 0 Å². The summed E-state index contributed by atoms with van der Waals surface area (Å²) >= 11 is 1.55. The number of aromatic nitrogens is 2. The Morgan fingerprint density at radius 3 is 2.82 bits per heavy atom. The van der Waals surface area contributed by atoms with Crippen LogP contribution in [-0.2, 0) is 11.3 Å². The first-order valence-electron chi connectivity index (χ1n) is 5.59. The molecule has 1 aliphatic carbocycles. The minimum absolute atomic E-state index is 0.00907. The number of thioether (sulfide) groups is 1. The van der Waals surface area contributed by atoms with Gasteiger partial charge in [-0.1, -0.05) is 0 Å². The Labute approximate surface area is 105 Å². The molecule has 0 aliphatic heterocycles. The van der Waals surface area contributed by atoms with Gasteiger partial charge in [0.05, 0.1) is 18.8 Å². The molecule has 6 heteroatoms. The number of nitrogens with two attached hydrogens (primary N) is 1. The van der Waals surface area contributed by atoms with Crippen molar-refractivity contribution in [3.63, 3.8) is 0 Å². The van der Waals surface area contributed by atoms with Crippen molar-refractivity contribution in [1.82, 2.24) is 14.9 Å². The number of rotatable bonds is 5. The molecule has 0 saturated heterocycles. The van der Waals surface area contributed by atoms with Gasteiger partial charge in [0.15, 0.2) is 0 Å². The van der Waals surface area contributed by atoms with Crippen molar-refractivity contribution in [1.29, 1.82) is 0 Å². The fraction of sp³-hybridized carbons (Fsp3) is 0.545. The van der Waals surface area contributed by atoms with Gasteiger partial charge in [-0.3, -0.25) is 9.78 Å². The van der Waals surface area contributed by atoms with E-state index in [4.69, 9.17) is 5.73 Å². The minimum atomic E-state index is -0.00907. The van der Waals surface area contributed by atoms with Gasteiger partial charge in [-0.25, -0.2) is 4.98 Å². The molecule has 0 bridgehead atoms. The molecule has 2 rings (SSSR count). The average molecular weight is 252 g/mol. The van der Waals surface area contributed by atoms with Gasteiger partial charge in [-0.2, -0.15) is 0 Å². The van der Waals surface area contributed by atoms with Crippen LogP contribution in [0.15, 0.2) is 17.4 Å². The lowest BCUT2D eigenvalue weighted by Gasteiger charge is -2.21. The smallest absolute Gasteiger partial charge is 0.236 e. The van der Waals surface area contributed by atoms with E-state index in [1.165, 1.54) is 0 Å². The minimum Gasteiger partial charge on any atom is -0.333 e. The van der Waals surface area contributed by atoms with Gasteiger partial charge < -0.3 is 10.6 Å². The van der Waals surface area contributed by atoms with Crippen molar-refractivity contribution in [2.24, 2.45) is 5.73 Å². The molecule has 1 aromatic rings. The predicted octanol–water partition coefficient (Wildman–Crippen LogP) is 0.648. The molecule has 5 nitrogen and oxygen atoms in total. The second-order valence-corrected chi connectivity index (χ2v) is 4.76. The van der Waals surface area contributed by atoms with Gasteiger partial charge in [0.2, 0.25) is 5.91 Å². The molecule has 92 valence electrons. The summed E-state index contributed by atoms with van der Waals surface area (Å²) in [6.45, 7) is 0.579. The molecule has 1 fully saturated rings. The van der Waals surface area contributed by atoms with Crippen molar-refractivity contribution in [2.45, 2.75) is 30.5 Å². The first-order valence-corrected chi connectivity index (χ1v) is 6.82. The summed E-state index contributed by atoms with van der Waals surface area (Å²) < 4.78 is 0. The van der Waals surface area contributed by atoms with E-state index >= 15 is 0 Å². The van der Waals surface area contributed by atoms with E-state index in [-0.39, 0.29) is 12.5 Å². The molecule has 1 aromatic heterocycles. The van der Waals surface area contributed by atoms with Crippen LogP contribution in [0, 0.1) is 0 Å². The van der Waals surface area contributed by atoms with E-state index in [0.717, 1.165) is 23.6 Å². The first-order chi connectivity index (χ1) is 8.26. The maximum atomic E-state index is 11.7. The molecule has 1 amide bonds. The van der Waals surface area contributed by atoms with E-state index in [0.29, 0.717) is 12.6 Å². The predicted molar refractivity (Wildman–Crippen MR) is 66.4 cm³/mol. The zero-order valence-electron chi connectivity index (χ0n) is 9.80. The van der Waals surface area contributed by atoms with Crippen molar-refractivity contribution < 1.29 is 4.79 Å². The molecule has 2 N–H and O–H groups in total. The summed E-state index contributed by atoms with van der Waals surface area (Å²) in [5.41, 5.74) is 6.29. The van der Waals surface area contributed by atoms with Crippen molar-refractivity contribution in [3.05, 3.63) is 18.1 Å². The van der Waals surface area contributed by atoms with E-state index in [9.17, 15) is 4.79 Å². The third-order valence-electron chi connectivity index (χ3n) is 2.73. The Morgan fingerprint density at radius 1 is 1.53 bits per heavy atom. The monoisotopic (exact) mass is 252 g/mol. The number of carbonyl (C=O) groups is 1. The number of hydrogen-bond donors (Lipinski definition) is 1. The van der Waals surface area contributed by atoms with Gasteiger partial charge in [0.1, 0.15) is 5.03 Å².